The van der Waals surface area contributed by atoms with Crippen LogP contribution in [0.4, 0.5) is 18.3 Å². The molecule has 0 aliphatic heterocycles. The first kappa shape index (κ1) is 25.2. The number of alkyl halides is 3. The number of rotatable bonds is 7. The van der Waals surface area contributed by atoms with Crippen LogP contribution in [0.3, 0.4) is 0 Å². The minimum atomic E-state index is -4.56. The number of aromatic nitrogens is 3. The second-order valence-electron chi connectivity index (χ2n) is 7.83. The fraction of sp³-hybridized carbons (Fsp3) is 0.174. The van der Waals surface area contributed by atoms with E-state index in [1.165, 1.54) is 36.7 Å². The van der Waals surface area contributed by atoms with Crippen LogP contribution in [0.1, 0.15) is 36.6 Å². The van der Waals surface area contributed by atoms with Gasteiger partial charge in [-0.05, 0) is 53.9 Å². The van der Waals surface area contributed by atoms with Gasteiger partial charge in [-0.2, -0.15) is 23.5 Å². The summed E-state index contributed by atoms with van der Waals surface area (Å²) in [5, 5.41) is 15.0. The Morgan fingerprint density at radius 1 is 1.14 bits per heavy atom. The summed E-state index contributed by atoms with van der Waals surface area (Å²) in [6, 6.07) is 11.4. The number of nitriles is 1. The first-order chi connectivity index (χ1) is 17.0. The Hall–Kier alpha value is -3.89. The summed E-state index contributed by atoms with van der Waals surface area (Å²) in [5.74, 6) is 0.397. The third-order valence-electron chi connectivity index (χ3n) is 5.02. The number of sulfonamides is 1. The summed E-state index contributed by atoms with van der Waals surface area (Å²) in [6.07, 6.45) is -1.88. The van der Waals surface area contributed by atoms with E-state index in [0.29, 0.717) is 17.0 Å². The number of nitrogens with zero attached hydrogens (tertiary/aromatic N) is 4. The van der Waals surface area contributed by atoms with Gasteiger partial charge in [-0.25, -0.2) is 18.1 Å². The van der Waals surface area contributed by atoms with Crippen LogP contribution in [0.2, 0.25) is 0 Å². The number of anilines is 1. The number of benzene rings is 2. The van der Waals surface area contributed by atoms with Crippen molar-refractivity contribution in [2.45, 2.75) is 30.8 Å². The van der Waals surface area contributed by atoms with Crippen molar-refractivity contribution in [2.75, 3.05) is 4.72 Å². The SMILES string of the molecule is CC(C)c1cc(-n2ccc(C(F)(F)F)n2)ccc1Oc1ccc(S(=O)(=O)Nc2nccs2)cc1C#N. The van der Waals surface area contributed by atoms with Gasteiger partial charge in [0.25, 0.3) is 10.0 Å². The minimum Gasteiger partial charge on any atom is -0.456 e. The summed E-state index contributed by atoms with van der Waals surface area (Å²) >= 11 is 1.11. The molecule has 2 heterocycles. The Morgan fingerprint density at radius 2 is 1.89 bits per heavy atom. The van der Waals surface area contributed by atoms with Crippen molar-refractivity contribution in [1.82, 2.24) is 14.8 Å². The molecule has 0 fully saturated rings. The summed E-state index contributed by atoms with van der Waals surface area (Å²) < 4.78 is 73.5. The molecule has 0 unspecified atom stereocenters. The fourth-order valence-corrected chi connectivity index (χ4v) is 5.07. The number of hydrogen-bond acceptors (Lipinski definition) is 7. The lowest BCUT2D eigenvalue weighted by Crippen LogP contribution is -2.13. The second kappa shape index (κ2) is 9.63. The van der Waals surface area contributed by atoms with Crippen LogP contribution in [-0.4, -0.2) is 23.2 Å². The van der Waals surface area contributed by atoms with Crippen LogP contribution < -0.4 is 9.46 Å². The van der Waals surface area contributed by atoms with Gasteiger partial charge < -0.3 is 4.74 Å². The van der Waals surface area contributed by atoms with Crippen molar-refractivity contribution in [1.29, 1.82) is 5.26 Å². The summed E-state index contributed by atoms with van der Waals surface area (Å²) in [6.45, 7) is 3.75. The normalized spacial score (nSPS) is 11.9. The molecule has 0 saturated carbocycles. The van der Waals surface area contributed by atoms with Crippen molar-refractivity contribution < 1.29 is 26.3 Å². The molecule has 0 amide bonds. The highest BCUT2D eigenvalue weighted by Gasteiger charge is 2.33. The maximum absolute atomic E-state index is 12.9. The maximum Gasteiger partial charge on any atom is 0.435 e. The summed E-state index contributed by atoms with van der Waals surface area (Å²) in [7, 11) is -3.97. The number of hydrogen-bond donors (Lipinski definition) is 1. The molecule has 4 aromatic rings. The van der Waals surface area contributed by atoms with Crippen LogP contribution >= 0.6 is 11.3 Å². The Balaban J connectivity index is 1.64. The van der Waals surface area contributed by atoms with Crippen LogP contribution in [-0.2, 0) is 16.2 Å². The predicted molar refractivity (Wildman–Crippen MR) is 127 cm³/mol. The molecule has 0 atom stereocenters. The van der Waals surface area contributed by atoms with Crippen LogP contribution in [0.5, 0.6) is 11.5 Å². The van der Waals surface area contributed by atoms with Gasteiger partial charge in [0, 0.05) is 17.8 Å². The number of ether oxygens (including phenoxy) is 1. The highest BCUT2D eigenvalue weighted by molar-refractivity contribution is 7.93. The lowest BCUT2D eigenvalue weighted by molar-refractivity contribution is -0.141. The van der Waals surface area contributed by atoms with Gasteiger partial charge in [0.05, 0.1) is 16.1 Å². The van der Waals surface area contributed by atoms with Crippen molar-refractivity contribution in [2.24, 2.45) is 0 Å². The zero-order valence-corrected chi connectivity index (χ0v) is 20.4. The molecule has 0 aliphatic rings. The first-order valence-corrected chi connectivity index (χ1v) is 12.8. The molecule has 2 aromatic carbocycles. The number of nitrogens with one attached hydrogen (secondary N) is 1. The molecule has 4 rings (SSSR count). The fourth-order valence-electron chi connectivity index (χ4n) is 3.26. The topological polar surface area (TPSA) is 110 Å². The van der Waals surface area contributed by atoms with Crippen molar-refractivity contribution >= 4 is 26.5 Å². The van der Waals surface area contributed by atoms with Gasteiger partial charge >= 0.3 is 6.18 Å². The maximum atomic E-state index is 12.9. The zero-order chi connectivity index (χ0) is 26.1. The van der Waals surface area contributed by atoms with Crippen molar-refractivity contribution in [3.8, 4) is 23.3 Å². The van der Waals surface area contributed by atoms with E-state index < -0.39 is 21.9 Å². The van der Waals surface area contributed by atoms with Crippen LogP contribution in [0, 0.1) is 11.3 Å². The average Bonchev–Trinajstić information content (AvgIpc) is 3.51. The van der Waals surface area contributed by atoms with E-state index in [9.17, 15) is 26.9 Å². The third kappa shape index (κ3) is 5.34. The van der Waals surface area contributed by atoms with Crippen LogP contribution in [0.15, 0.2) is 65.1 Å². The standard InChI is InChI=1S/C23H18F3N5O3S2/c1-14(2)18-12-16(31-9-7-21(29-31)23(24,25)26)3-5-20(18)34-19-6-4-17(11-15(19)13-27)36(32,33)30-22-28-8-10-35-22/h3-12,14H,1-2H3,(H,28,30). The lowest BCUT2D eigenvalue weighted by Gasteiger charge is -2.16. The predicted octanol–water partition coefficient (Wildman–Crippen LogP) is 5.94. The molecule has 13 heteroatoms. The molecule has 1 N–H and O–H groups in total. The molecular formula is C23H18F3N5O3S2. The summed E-state index contributed by atoms with van der Waals surface area (Å²) in [5.41, 5.74) is 0.0315. The van der Waals surface area contributed by atoms with Gasteiger partial charge in [0.1, 0.15) is 17.6 Å². The van der Waals surface area contributed by atoms with Gasteiger partial charge in [0.2, 0.25) is 0 Å². The lowest BCUT2D eigenvalue weighted by atomic mass is 10.0. The molecule has 2 aromatic heterocycles. The van der Waals surface area contributed by atoms with Gasteiger partial charge in [-0.1, -0.05) is 13.8 Å². The Morgan fingerprint density at radius 3 is 2.50 bits per heavy atom. The molecule has 8 nitrogen and oxygen atoms in total. The first-order valence-electron chi connectivity index (χ1n) is 10.4. The van der Waals surface area contributed by atoms with Gasteiger partial charge in [-0.15, -0.1) is 11.3 Å². The smallest absolute Gasteiger partial charge is 0.435 e. The van der Waals surface area contributed by atoms with Crippen molar-refractivity contribution in [3.63, 3.8) is 0 Å². The van der Waals surface area contributed by atoms with Gasteiger partial charge in [0.15, 0.2) is 10.8 Å². The molecule has 0 bridgehead atoms. The van der Waals surface area contributed by atoms with E-state index in [1.807, 2.05) is 19.9 Å². The monoisotopic (exact) mass is 533 g/mol. The number of halogens is 3. The third-order valence-corrected chi connectivity index (χ3v) is 7.17. The molecule has 0 aliphatic carbocycles. The highest BCUT2D eigenvalue weighted by Crippen LogP contribution is 2.35. The minimum absolute atomic E-state index is 0.0160. The Kier molecular flexibility index (Phi) is 6.75. The van der Waals surface area contributed by atoms with E-state index in [-0.39, 0.29) is 27.3 Å². The molecule has 0 spiro atoms. The van der Waals surface area contributed by atoms with Gasteiger partial charge in [-0.3, -0.25) is 4.72 Å². The second-order valence-corrected chi connectivity index (χ2v) is 10.4. The zero-order valence-electron chi connectivity index (χ0n) is 18.8. The summed E-state index contributed by atoms with van der Waals surface area (Å²) in [4.78, 5) is 3.75. The Bertz CT molecular complexity index is 1540. The van der Waals surface area contributed by atoms with Crippen LogP contribution in [0.25, 0.3) is 5.69 Å². The quantitative estimate of drug-likeness (QED) is 0.315. The van der Waals surface area contributed by atoms with E-state index in [2.05, 4.69) is 14.8 Å². The largest absolute Gasteiger partial charge is 0.456 e. The molecule has 0 saturated heterocycles. The average molecular weight is 534 g/mol. The molecular weight excluding hydrogens is 515 g/mol. The molecule has 36 heavy (non-hydrogen) atoms. The highest BCUT2D eigenvalue weighted by atomic mass is 32.2. The molecule has 186 valence electrons. The van der Waals surface area contributed by atoms with E-state index >= 15 is 0 Å². The van der Waals surface area contributed by atoms with E-state index in [1.54, 1.807) is 17.5 Å². The Labute approximate surface area is 208 Å². The van der Waals surface area contributed by atoms with Crippen molar-refractivity contribution in [3.05, 3.63) is 77.1 Å². The van der Waals surface area contributed by atoms with E-state index in [0.717, 1.165) is 22.1 Å². The number of thiazole rings is 1. The molecule has 0 radical (unpaired) electrons. The van der Waals surface area contributed by atoms with E-state index in [4.69, 9.17) is 4.74 Å².